The van der Waals surface area contributed by atoms with Gasteiger partial charge in [-0.05, 0) is 113 Å². The molecule has 0 radical (unpaired) electrons. The minimum Gasteiger partial charge on any atom is -0.475 e. The van der Waals surface area contributed by atoms with Crippen LogP contribution in [0.4, 0.5) is 10.7 Å². The molecule has 272 valence electrons. The summed E-state index contributed by atoms with van der Waals surface area (Å²) in [5.74, 6) is 0.0507. The fourth-order valence-corrected chi connectivity index (χ4v) is 9.85. The lowest BCUT2D eigenvalue weighted by molar-refractivity contribution is -0.0847. The molecule has 2 N–H and O–H groups in total. The number of aromatic nitrogens is 2. The highest BCUT2D eigenvalue weighted by atomic mass is 32.2. The Balaban J connectivity index is 1.25. The highest BCUT2D eigenvalue weighted by molar-refractivity contribution is 7.92. The molecule has 3 aromatic rings. The number of hydrogen-bond acceptors (Lipinski definition) is 8. The molecule has 2 atom stereocenters. The van der Waals surface area contributed by atoms with E-state index in [-0.39, 0.29) is 58.1 Å². The van der Waals surface area contributed by atoms with Gasteiger partial charge in [0, 0.05) is 29.3 Å². The maximum atomic E-state index is 14.8. The number of anilines is 1. The Morgan fingerprint density at radius 1 is 0.961 bits per heavy atom. The van der Waals surface area contributed by atoms with Crippen LogP contribution in [0.3, 0.4) is 0 Å². The first-order valence-corrected chi connectivity index (χ1v) is 19.3. The lowest BCUT2D eigenvalue weighted by atomic mass is 9.51. The van der Waals surface area contributed by atoms with E-state index in [2.05, 4.69) is 40.8 Å². The molecule has 2 spiro atoms. The molecule has 1 aromatic heterocycles. The fraction of sp³-hybridized carbons (Fsp3) is 0.538. The first kappa shape index (κ1) is 35.2. The molecule has 7 rings (SSSR count). The smallest absolute Gasteiger partial charge is 0.407 e. The monoisotopic (exact) mass is 715 g/mol. The average Bonchev–Trinajstić information content (AvgIpc) is 3.72. The number of rotatable bonds is 3. The Bertz CT molecular complexity index is 1980. The van der Waals surface area contributed by atoms with E-state index in [0.717, 1.165) is 48.8 Å². The summed E-state index contributed by atoms with van der Waals surface area (Å²) in [5, 5.41) is 3.01. The quantitative estimate of drug-likeness (QED) is 0.295. The summed E-state index contributed by atoms with van der Waals surface area (Å²) >= 11 is 0. The van der Waals surface area contributed by atoms with Gasteiger partial charge in [0.15, 0.2) is 0 Å². The van der Waals surface area contributed by atoms with E-state index >= 15 is 0 Å². The number of ether oxygens (including phenoxy) is 2. The highest BCUT2D eigenvalue weighted by Gasteiger charge is 2.68. The first-order chi connectivity index (χ1) is 23.8. The second-order valence-corrected chi connectivity index (χ2v) is 19.0. The van der Waals surface area contributed by atoms with Gasteiger partial charge in [-0.1, -0.05) is 45.0 Å². The van der Waals surface area contributed by atoms with E-state index in [1.54, 1.807) is 18.2 Å². The summed E-state index contributed by atoms with van der Waals surface area (Å²) in [6.07, 6.45) is 3.55. The predicted octanol–water partition coefficient (Wildman–Crippen LogP) is 7.04. The van der Waals surface area contributed by atoms with Crippen LogP contribution in [-0.2, 0) is 14.8 Å². The molecule has 1 aliphatic heterocycles. The molecule has 2 aromatic carbocycles. The zero-order valence-electron chi connectivity index (χ0n) is 30.8. The van der Waals surface area contributed by atoms with Crippen molar-refractivity contribution in [2.24, 2.45) is 16.7 Å². The topological polar surface area (TPSA) is 140 Å². The number of hydrogen-bond donors (Lipinski definition) is 2. The van der Waals surface area contributed by atoms with Crippen LogP contribution in [0.25, 0.3) is 11.3 Å². The van der Waals surface area contributed by atoms with Crippen LogP contribution in [0.5, 0.6) is 5.88 Å². The number of alkyl carbamates (subject to hydrolysis) is 1. The molecule has 4 bridgehead atoms. The van der Waals surface area contributed by atoms with Crippen molar-refractivity contribution in [3.8, 4) is 17.1 Å². The summed E-state index contributed by atoms with van der Waals surface area (Å²) in [5.41, 5.74) is 2.38. The van der Waals surface area contributed by atoms with E-state index in [1.807, 2.05) is 57.7 Å². The number of carbonyl (C=O) groups is 2. The number of benzene rings is 2. The van der Waals surface area contributed by atoms with E-state index < -0.39 is 27.3 Å². The maximum Gasteiger partial charge on any atom is 0.407 e. The number of aryl methyl sites for hydroxylation is 2. The van der Waals surface area contributed by atoms with Gasteiger partial charge in [0.1, 0.15) is 12.2 Å². The Labute approximate surface area is 301 Å². The van der Waals surface area contributed by atoms with Gasteiger partial charge in [-0.25, -0.2) is 22.9 Å². The van der Waals surface area contributed by atoms with Crippen LogP contribution in [0.1, 0.15) is 95.1 Å². The number of sulfonamides is 1. The number of nitrogens with zero attached hydrogens (tertiary/aromatic N) is 3. The summed E-state index contributed by atoms with van der Waals surface area (Å²) in [7, 11) is -4.16. The van der Waals surface area contributed by atoms with Gasteiger partial charge >= 0.3 is 6.09 Å². The first-order valence-electron chi connectivity index (χ1n) is 17.8. The molecule has 3 aliphatic carbocycles. The summed E-state index contributed by atoms with van der Waals surface area (Å²) in [6.45, 7) is 16.3. The van der Waals surface area contributed by atoms with Crippen LogP contribution >= 0.6 is 0 Å². The fourth-order valence-electron chi connectivity index (χ4n) is 8.86. The van der Waals surface area contributed by atoms with E-state index in [1.165, 1.54) is 12.1 Å². The van der Waals surface area contributed by atoms with Crippen molar-refractivity contribution < 1.29 is 27.5 Å². The van der Waals surface area contributed by atoms with Crippen molar-refractivity contribution in [3.63, 3.8) is 0 Å². The van der Waals surface area contributed by atoms with Crippen LogP contribution in [-0.4, -0.2) is 65.1 Å². The minimum atomic E-state index is -4.16. The minimum absolute atomic E-state index is 0.0247. The largest absolute Gasteiger partial charge is 0.475 e. The van der Waals surface area contributed by atoms with Gasteiger partial charge in [0.2, 0.25) is 11.8 Å². The number of carbonyl (C=O) groups excluding carboxylic acids is 2. The molecule has 3 saturated carbocycles. The predicted molar refractivity (Wildman–Crippen MR) is 194 cm³/mol. The van der Waals surface area contributed by atoms with Gasteiger partial charge in [-0.15, -0.1) is 0 Å². The lowest BCUT2D eigenvalue weighted by Gasteiger charge is -2.61. The average molecular weight is 716 g/mol. The molecule has 12 heteroatoms. The number of nitrogens with one attached hydrogen (secondary N) is 2. The molecule has 51 heavy (non-hydrogen) atoms. The summed E-state index contributed by atoms with van der Waals surface area (Å²) in [4.78, 5) is 38.4. The van der Waals surface area contributed by atoms with Crippen LogP contribution in [0, 0.1) is 30.6 Å². The third-order valence-electron chi connectivity index (χ3n) is 11.1. The van der Waals surface area contributed by atoms with Crippen molar-refractivity contribution in [1.82, 2.24) is 20.2 Å². The third kappa shape index (κ3) is 6.67. The second-order valence-electron chi connectivity index (χ2n) is 17.3. The van der Waals surface area contributed by atoms with Crippen molar-refractivity contribution in [2.45, 2.75) is 116 Å². The Morgan fingerprint density at radius 2 is 1.63 bits per heavy atom. The molecule has 1 unspecified atom stereocenters. The van der Waals surface area contributed by atoms with Gasteiger partial charge in [0.25, 0.3) is 15.9 Å². The van der Waals surface area contributed by atoms with Crippen molar-refractivity contribution >= 4 is 28.0 Å². The second kappa shape index (κ2) is 11.9. The standard InChI is InChI=1S/C39H49N5O6S/c1-23-11-9-12-24(2)32(23)29-16-31-42-34(41-29)43-51(47,48)28-14-10-13-25(15-28)33(45)44(39(22-49-31)21-30(39)36(3,4)5)27-19-38(20-27)17-26(18-38)40-35(46)50-37(6,7)8/h9-16,26-27,30H,17-22H2,1-8H3,(H,40,46)(H,41,42,43)/t26-,27-,30-,38?,39?/m1/s1. The summed E-state index contributed by atoms with van der Waals surface area (Å²) in [6, 6.07) is 13.9. The Kier molecular flexibility index (Phi) is 8.24. The Hall–Kier alpha value is -4.19. The normalized spacial score (nSPS) is 28.2. The molecule has 4 aliphatic rings. The molecule has 2 heterocycles. The molecule has 11 nitrogen and oxygen atoms in total. The lowest BCUT2D eigenvalue weighted by Crippen LogP contribution is -2.65. The van der Waals surface area contributed by atoms with Crippen LogP contribution in [0.2, 0.25) is 0 Å². The maximum absolute atomic E-state index is 14.8. The molecule has 0 saturated heterocycles. The van der Waals surface area contributed by atoms with E-state index in [4.69, 9.17) is 9.47 Å². The molecule has 3 fully saturated rings. The van der Waals surface area contributed by atoms with E-state index in [0.29, 0.717) is 11.3 Å². The van der Waals surface area contributed by atoms with Gasteiger partial charge in [0.05, 0.1) is 16.1 Å². The van der Waals surface area contributed by atoms with Crippen LogP contribution in [0.15, 0.2) is 53.4 Å². The molecular weight excluding hydrogens is 667 g/mol. The van der Waals surface area contributed by atoms with Gasteiger partial charge in [-0.2, -0.15) is 4.98 Å². The van der Waals surface area contributed by atoms with Crippen molar-refractivity contribution in [3.05, 3.63) is 65.2 Å². The zero-order valence-corrected chi connectivity index (χ0v) is 31.6. The van der Waals surface area contributed by atoms with Crippen LogP contribution < -0.4 is 14.8 Å². The number of fused-ring (bicyclic) bond motifs is 4. The summed E-state index contributed by atoms with van der Waals surface area (Å²) < 4.78 is 42.2. The zero-order chi connectivity index (χ0) is 36.7. The SMILES string of the molecule is Cc1cccc(C)c1-c1cc2nc(n1)NS(=O)(=O)c1cccc(c1)C(=O)N([C@H]1CC3(C[C@H](NC(=O)OC(C)(C)C)C3)C1)C1(CO2)C[C@@H]1C(C)(C)C. The van der Waals surface area contributed by atoms with E-state index in [9.17, 15) is 18.0 Å². The molecule has 2 amide bonds. The number of amides is 2. The Morgan fingerprint density at radius 3 is 2.25 bits per heavy atom. The molecular formula is C39H49N5O6S. The van der Waals surface area contributed by atoms with Crippen molar-refractivity contribution in [1.29, 1.82) is 0 Å². The van der Waals surface area contributed by atoms with Gasteiger partial charge in [-0.3, -0.25) is 4.79 Å². The van der Waals surface area contributed by atoms with Gasteiger partial charge < -0.3 is 19.7 Å². The third-order valence-corrected chi connectivity index (χ3v) is 12.4. The van der Waals surface area contributed by atoms with Crippen molar-refractivity contribution in [2.75, 3.05) is 11.3 Å². The highest BCUT2D eigenvalue weighted by Crippen LogP contribution is 2.64.